The van der Waals surface area contributed by atoms with E-state index < -0.39 is 5.41 Å². The maximum Gasteiger partial charge on any atom is 0.159 e. The monoisotopic (exact) mass is 938 g/mol. The van der Waals surface area contributed by atoms with Crippen molar-refractivity contribution in [3.63, 3.8) is 0 Å². The fourth-order valence-corrected chi connectivity index (χ4v) is 12.4. The van der Waals surface area contributed by atoms with E-state index in [1.54, 1.807) is 0 Å². The summed E-state index contributed by atoms with van der Waals surface area (Å²) < 4.78 is 2.50. The van der Waals surface area contributed by atoms with Crippen molar-refractivity contribution < 1.29 is 0 Å². The lowest BCUT2D eigenvalue weighted by Gasteiger charge is -2.39. The molecule has 1 spiro atoms. The normalized spacial score (nSPS) is 14.0. The molecule has 1 aliphatic carbocycles. The summed E-state index contributed by atoms with van der Waals surface area (Å²) in [7, 11) is 0. The summed E-state index contributed by atoms with van der Waals surface area (Å²) in [6.07, 6.45) is 1.99. The molecule has 3 heterocycles. The lowest BCUT2D eigenvalue weighted by molar-refractivity contribution is 0.749. The third-order valence-corrected chi connectivity index (χ3v) is 15.7. The van der Waals surface area contributed by atoms with Gasteiger partial charge in [0.25, 0.3) is 0 Å². The minimum Gasteiger partial charge on any atom is -0.309 e. The van der Waals surface area contributed by atoms with Crippen LogP contribution in [0.4, 0.5) is 0 Å². The van der Waals surface area contributed by atoms with Crippen molar-refractivity contribution in [3.8, 4) is 90.0 Å². The molecule has 74 heavy (non-hydrogen) atoms. The van der Waals surface area contributed by atoms with Crippen LogP contribution in [0.3, 0.4) is 0 Å². The molecule has 2 aliphatic rings. The van der Waals surface area contributed by atoms with E-state index in [1.807, 2.05) is 36.5 Å². The molecule has 342 valence electrons. The maximum absolute atomic E-state index is 9.70. The predicted molar refractivity (Wildman–Crippen MR) is 302 cm³/mol. The second-order valence-corrected chi connectivity index (χ2v) is 19.6. The van der Waals surface area contributed by atoms with Crippen LogP contribution >= 0.6 is 0 Å². The number of fused-ring (bicyclic) bond motifs is 13. The zero-order valence-electron chi connectivity index (χ0n) is 40.0. The van der Waals surface area contributed by atoms with E-state index in [4.69, 9.17) is 9.97 Å². The molecule has 13 aromatic rings. The van der Waals surface area contributed by atoms with Gasteiger partial charge in [0.15, 0.2) is 5.82 Å². The predicted octanol–water partition coefficient (Wildman–Crippen LogP) is 17.3. The second-order valence-electron chi connectivity index (χ2n) is 19.6. The molecule has 11 aromatic carbocycles. The zero-order chi connectivity index (χ0) is 48.9. The highest BCUT2D eigenvalue weighted by Crippen LogP contribution is 2.61. The molecule has 0 saturated carbocycles. The van der Waals surface area contributed by atoms with E-state index in [1.165, 1.54) is 71.6 Å². The van der Waals surface area contributed by atoms with Crippen LogP contribution < -0.4 is 0 Å². The Morgan fingerprint density at radius 3 is 1.81 bits per heavy atom. The number of nitrogens with zero attached hydrogens (tertiary/aromatic N) is 4. The van der Waals surface area contributed by atoms with Gasteiger partial charge < -0.3 is 4.57 Å². The number of para-hydroxylation sites is 3. The van der Waals surface area contributed by atoms with Crippen molar-refractivity contribution in [3.05, 3.63) is 283 Å². The summed E-state index contributed by atoms with van der Waals surface area (Å²) >= 11 is 0. The van der Waals surface area contributed by atoms with Crippen LogP contribution in [0.5, 0.6) is 0 Å². The van der Waals surface area contributed by atoms with Gasteiger partial charge in [-0.05, 0) is 138 Å². The van der Waals surface area contributed by atoms with E-state index in [0.29, 0.717) is 11.4 Å². The van der Waals surface area contributed by atoms with Gasteiger partial charge in [0.1, 0.15) is 0 Å². The van der Waals surface area contributed by atoms with Crippen molar-refractivity contribution in [2.24, 2.45) is 0 Å². The van der Waals surface area contributed by atoms with Crippen LogP contribution in [0.2, 0.25) is 0 Å². The maximum atomic E-state index is 9.70. The van der Waals surface area contributed by atoms with Gasteiger partial charge in [-0.25, -0.2) is 9.97 Å². The number of hydrogen-bond acceptors (Lipinski definition) is 3. The minimum absolute atomic E-state index is 0.560. The lowest BCUT2D eigenvalue weighted by atomic mass is 9.65. The number of benzene rings is 11. The quantitative estimate of drug-likeness (QED) is 0.167. The Morgan fingerprint density at radius 1 is 0.378 bits per heavy atom. The molecule has 4 heteroatoms. The number of hydrogen-bond donors (Lipinski definition) is 0. The first-order chi connectivity index (χ1) is 36.6. The molecule has 0 fully saturated rings. The fourth-order valence-electron chi connectivity index (χ4n) is 12.4. The van der Waals surface area contributed by atoms with Crippen LogP contribution in [0, 0.1) is 11.3 Å². The van der Waals surface area contributed by atoms with Crippen molar-refractivity contribution in [2.75, 3.05) is 0 Å². The van der Waals surface area contributed by atoms with Crippen molar-refractivity contribution in [1.82, 2.24) is 14.5 Å². The van der Waals surface area contributed by atoms with Gasteiger partial charge in [0, 0.05) is 33.7 Å². The summed E-state index contributed by atoms with van der Waals surface area (Å²) in [6.45, 7) is 0. The molecule has 0 N–H and O–H groups in total. The van der Waals surface area contributed by atoms with Crippen LogP contribution in [0.1, 0.15) is 27.8 Å². The number of aromatic nitrogens is 3. The highest BCUT2D eigenvalue weighted by Gasteiger charge is 2.50. The molecule has 15 rings (SSSR count). The smallest absolute Gasteiger partial charge is 0.159 e. The lowest BCUT2D eigenvalue weighted by Crippen LogP contribution is -2.33. The van der Waals surface area contributed by atoms with Crippen molar-refractivity contribution in [2.45, 2.75) is 5.41 Å². The first-order valence-corrected chi connectivity index (χ1v) is 25.2. The molecule has 0 radical (unpaired) electrons. The van der Waals surface area contributed by atoms with Gasteiger partial charge in [-0.2, -0.15) is 5.26 Å². The van der Waals surface area contributed by atoms with Crippen LogP contribution in [0.25, 0.3) is 117 Å². The van der Waals surface area contributed by atoms with E-state index >= 15 is 0 Å². The third-order valence-electron chi connectivity index (χ3n) is 15.7. The van der Waals surface area contributed by atoms with Gasteiger partial charge in [0.05, 0.1) is 39.5 Å². The summed E-state index contributed by atoms with van der Waals surface area (Å²) in [6, 6.07) is 92.1. The van der Waals surface area contributed by atoms with E-state index in [-0.39, 0.29) is 0 Å². The molecule has 0 bridgehead atoms. The molecule has 1 atom stereocenters. The van der Waals surface area contributed by atoms with Gasteiger partial charge in [-0.3, -0.25) is 0 Å². The van der Waals surface area contributed by atoms with Gasteiger partial charge in [-0.15, -0.1) is 0 Å². The van der Waals surface area contributed by atoms with Crippen LogP contribution in [0.15, 0.2) is 255 Å². The highest BCUT2D eigenvalue weighted by atomic mass is 15.0. The average Bonchev–Trinajstić information content (AvgIpc) is 4.13. The Morgan fingerprint density at radius 2 is 0.959 bits per heavy atom. The minimum atomic E-state index is -0.560. The Balaban J connectivity index is 0.912. The summed E-state index contributed by atoms with van der Waals surface area (Å²) in [4.78, 5) is 10.6. The molecule has 0 amide bonds. The summed E-state index contributed by atoms with van der Waals surface area (Å²) in [5.41, 5.74) is 22.6. The summed E-state index contributed by atoms with van der Waals surface area (Å²) in [5, 5.41) is 14.7. The standard InChI is InChI=1S/C70H42N4/c71-42-44-14-9-17-46(36-44)50-20-12-23-55(40-50)69-72-43-60(53-21-10-18-48(38-53)51-33-32-45-15-1-2-16-47(45)37-51)67(73-69)54-22-11-19-49(39-54)52-34-35-57-56-24-3-5-27-61(56)70(64(57)41-52)62-28-6-8-31-66(62)74-65-30-7-4-25-58(65)59-26-13-29-63(70)68(59)74/h1-41,43H. The molecule has 0 saturated heterocycles. The first-order valence-electron chi connectivity index (χ1n) is 25.2. The van der Waals surface area contributed by atoms with Gasteiger partial charge >= 0.3 is 0 Å². The van der Waals surface area contributed by atoms with Gasteiger partial charge in [0.2, 0.25) is 0 Å². The molecular formula is C70H42N4. The van der Waals surface area contributed by atoms with E-state index in [9.17, 15) is 5.26 Å². The highest BCUT2D eigenvalue weighted by molar-refractivity contribution is 6.13. The van der Waals surface area contributed by atoms with Crippen LogP contribution in [-0.4, -0.2) is 14.5 Å². The SMILES string of the molecule is N#Cc1cccc(-c2cccc(-c3ncc(-c4cccc(-c5ccc6ccccc6c5)c4)c(-c4cccc(-c5ccc6c(c5)C5(c7ccccc7-6)c6ccccc6-n6c7ccccc7c7cccc5c76)c4)n3)c2)c1. The summed E-state index contributed by atoms with van der Waals surface area (Å²) in [5.74, 6) is 0.623. The van der Waals surface area contributed by atoms with Crippen molar-refractivity contribution in [1.29, 1.82) is 5.26 Å². The topological polar surface area (TPSA) is 54.5 Å². The largest absolute Gasteiger partial charge is 0.309 e. The Kier molecular flexibility index (Phi) is 9.20. The second kappa shape index (κ2) is 16.3. The van der Waals surface area contributed by atoms with Crippen molar-refractivity contribution >= 4 is 32.6 Å². The van der Waals surface area contributed by atoms with Gasteiger partial charge in [-0.1, -0.05) is 194 Å². The first kappa shape index (κ1) is 41.8. The van der Waals surface area contributed by atoms with E-state index in [2.05, 4.69) is 229 Å². The molecule has 4 nitrogen and oxygen atoms in total. The molecule has 1 aliphatic heterocycles. The molecule has 2 aromatic heterocycles. The Labute approximate surface area is 428 Å². The van der Waals surface area contributed by atoms with E-state index in [0.717, 1.165) is 61.3 Å². The Hall–Kier alpha value is -9.95. The molecule has 1 unspecified atom stereocenters. The zero-order valence-corrected chi connectivity index (χ0v) is 40.0. The molecular weight excluding hydrogens is 897 g/mol. The third kappa shape index (κ3) is 6.21. The Bertz CT molecular complexity index is 4530. The number of rotatable bonds is 6. The van der Waals surface area contributed by atoms with Crippen LogP contribution in [-0.2, 0) is 5.41 Å². The number of nitriles is 1. The average molecular weight is 939 g/mol. The fraction of sp³-hybridized carbons (Fsp3) is 0.0143.